The Morgan fingerprint density at radius 1 is 1.25 bits per heavy atom. The first-order chi connectivity index (χ1) is 9.23. The summed E-state index contributed by atoms with van der Waals surface area (Å²) >= 11 is 0. The quantitative estimate of drug-likeness (QED) is 0.783. The van der Waals surface area contributed by atoms with Gasteiger partial charge in [0.15, 0.2) is 0 Å². The summed E-state index contributed by atoms with van der Waals surface area (Å²) < 4.78 is 10.4. The van der Waals surface area contributed by atoms with Crippen LogP contribution in [0, 0.1) is 0 Å². The minimum Gasteiger partial charge on any atom is -0.446 e. The Balaban J connectivity index is 1.60. The molecule has 1 saturated heterocycles. The zero-order chi connectivity index (χ0) is 14.9. The van der Waals surface area contributed by atoms with Crippen LogP contribution in [0.1, 0.15) is 33.6 Å². The second-order valence-electron chi connectivity index (χ2n) is 6.49. The zero-order valence-corrected chi connectivity index (χ0v) is 12.2. The van der Waals surface area contributed by atoms with E-state index in [2.05, 4.69) is 5.32 Å². The smallest absolute Gasteiger partial charge is 0.410 e. The Morgan fingerprint density at radius 2 is 1.85 bits per heavy atom. The van der Waals surface area contributed by atoms with E-state index in [1.807, 2.05) is 20.8 Å². The molecule has 3 N–H and O–H groups in total. The van der Waals surface area contributed by atoms with Crippen molar-refractivity contribution in [3.8, 4) is 0 Å². The number of carbonyl (C=O) groups excluding carboxylic acids is 2. The summed E-state index contributed by atoms with van der Waals surface area (Å²) in [5.41, 5.74) is 5.10. The lowest BCUT2D eigenvalue weighted by Gasteiger charge is -2.40. The molecule has 1 heterocycles. The minimum atomic E-state index is -0.504. The number of hydrogen-bond donors (Lipinski definition) is 2. The lowest BCUT2D eigenvalue weighted by Crippen LogP contribution is -2.59. The van der Waals surface area contributed by atoms with Crippen molar-refractivity contribution in [2.45, 2.75) is 57.4 Å². The lowest BCUT2D eigenvalue weighted by molar-refractivity contribution is -0.00573. The van der Waals surface area contributed by atoms with E-state index in [0.717, 1.165) is 0 Å². The van der Waals surface area contributed by atoms with E-state index < -0.39 is 11.7 Å². The van der Waals surface area contributed by atoms with Crippen molar-refractivity contribution < 1.29 is 19.1 Å². The highest BCUT2D eigenvalue weighted by molar-refractivity contribution is 5.70. The topological polar surface area (TPSA) is 93.9 Å². The summed E-state index contributed by atoms with van der Waals surface area (Å²) in [5.74, 6) is 0. The maximum atomic E-state index is 11.6. The molecule has 2 aliphatic rings. The van der Waals surface area contributed by atoms with Crippen molar-refractivity contribution in [1.29, 1.82) is 0 Å². The molecule has 2 fully saturated rings. The molecular formula is C13H23N3O4. The number of nitrogens with one attached hydrogen (secondary N) is 1. The number of alkyl carbamates (subject to hydrolysis) is 1. The molecule has 20 heavy (non-hydrogen) atoms. The van der Waals surface area contributed by atoms with Crippen molar-refractivity contribution in [1.82, 2.24) is 10.2 Å². The van der Waals surface area contributed by atoms with Crippen molar-refractivity contribution in [2.24, 2.45) is 5.73 Å². The molecule has 0 aromatic rings. The Kier molecular flexibility index (Phi) is 4.08. The van der Waals surface area contributed by atoms with Crippen molar-refractivity contribution >= 4 is 12.2 Å². The van der Waals surface area contributed by atoms with E-state index in [9.17, 15) is 9.59 Å². The van der Waals surface area contributed by atoms with Gasteiger partial charge in [-0.05, 0) is 20.8 Å². The lowest BCUT2D eigenvalue weighted by atomic mass is 9.89. The molecule has 1 aliphatic carbocycles. The summed E-state index contributed by atoms with van der Waals surface area (Å²) in [6, 6.07) is 0.0896. The van der Waals surface area contributed by atoms with Crippen molar-refractivity contribution in [3.05, 3.63) is 0 Å². The molecule has 0 spiro atoms. The number of rotatable bonds is 2. The largest absolute Gasteiger partial charge is 0.446 e. The van der Waals surface area contributed by atoms with Gasteiger partial charge in [0, 0.05) is 38.0 Å². The Morgan fingerprint density at radius 3 is 2.35 bits per heavy atom. The van der Waals surface area contributed by atoms with Gasteiger partial charge in [-0.3, -0.25) is 0 Å². The van der Waals surface area contributed by atoms with Gasteiger partial charge in [0.1, 0.15) is 11.7 Å². The fraction of sp³-hybridized carbons (Fsp3) is 0.846. The van der Waals surface area contributed by atoms with Crippen LogP contribution in [0.4, 0.5) is 9.59 Å². The van der Waals surface area contributed by atoms with Gasteiger partial charge in [-0.15, -0.1) is 0 Å². The third kappa shape index (κ3) is 4.00. The SMILES string of the molecule is CC(C)(C)OC(=O)NC1CC(OC(=O)N2CC(N)C2)C1. The number of nitrogens with two attached hydrogens (primary N) is 1. The maximum absolute atomic E-state index is 11.6. The van der Waals surface area contributed by atoms with Gasteiger partial charge in [-0.25, -0.2) is 9.59 Å². The monoisotopic (exact) mass is 285 g/mol. The van der Waals surface area contributed by atoms with E-state index in [1.165, 1.54) is 0 Å². The van der Waals surface area contributed by atoms with E-state index in [4.69, 9.17) is 15.2 Å². The molecule has 0 aromatic heterocycles. The molecule has 114 valence electrons. The van der Waals surface area contributed by atoms with E-state index in [-0.39, 0.29) is 24.3 Å². The Hall–Kier alpha value is -1.50. The number of carbonyl (C=O) groups is 2. The van der Waals surface area contributed by atoms with Crippen LogP contribution in [0.5, 0.6) is 0 Å². The highest BCUT2D eigenvalue weighted by Gasteiger charge is 2.37. The van der Waals surface area contributed by atoms with Crippen LogP contribution in [0.15, 0.2) is 0 Å². The summed E-state index contributed by atoms with van der Waals surface area (Å²) in [7, 11) is 0. The third-order valence-electron chi connectivity index (χ3n) is 3.25. The van der Waals surface area contributed by atoms with E-state index in [1.54, 1.807) is 4.90 Å². The Bertz CT molecular complexity index is 382. The molecule has 0 atom stereocenters. The predicted octanol–water partition coefficient (Wildman–Crippen LogP) is 0.822. The van der Waals surface area contributed by atoms with Crippen LogP contribution in [-0.2, 0) is 9.47 Å². The first-order valence-electron chi connectivity index (χ1n) is 6.93. The summed E-state index contributed by atoms with van der Waals surface area (Å²) in [6.07, 6.45) is 0.392. The van der Waals surface area contributed by atoms with Crippen LogP contribution in [0.3, 0.4) is 0 Å². The van der Waals surface area contributed by atoms with Crippen molar-refractivity contribution in [2.75, 3.05) is 13.1 Å². The number of hydrogen-bond acceptors (Lipinski definition) is 5. The van der Waals surface area contributed by atoms with Gasteiger partial charge in [-0.2, -0.15) is 0 Å². The van der Waals surface area contributed by atoms with Gasteiger partial charge in [-0.1, -0.05) is 0 Å². The van der Waals surface area contributed by atoms with Gasteiger partial charge in [0.2, 0.25) is 0 Å². The van der Waals surface area contributed by atoms with Gasteiger partial charge >= 0.3 is 12.2 Å². The van der Waals surface area contributed by atoms with Crippen LogP contribution in [-0.4, -0.2) is 54.0 Å². The molecular weight excluding hydrogens is 262 g/mol. The van der Waals surface area contributed by atoms with Crippen LogP contribution in [0.2, 0.25) is 0 Å². The number of likely N-dealkylation sites (tertiary alicyclic amines) is 1. The average Bonchev–Trinajstić information content (AvgIpc) is 2.18. The second kappa shape index (κ2) is 5.47. The molecule has 7 heteroatoms. The van der Waals surface area contributed by atoms with Gasteiger partial charge in [0.05, 0.1) is 0 Å². The molecule has 0 bridgehead atoms. The van der Waals surface area contributed by atoms with Gasteiger partial charge in [0.25, 0.3) is 0 Å². The molecule has 0 aromatic carbocycles. The zero-order valence-electron chi connectivity index (χ0n) is 12.2. The highest BCUT2D eigenvalue weighted by Crippen LogP contribution is 2.25. The minimum absolute atomic E-state index is 0.0151. The standard InChI is InChI=1S/C13H23N3O4/c1-13(2,3)20-11(17)15-9-4-10(5-9)19-12(18)16-6-8(14)7-16/h8-10H,4-7,14H2,1-3H3,(H,15,17). The molecule has 0 radical (unpaired) electrons. The van der Waals surface area contributed by atoms with Crippen LogP contribution >= 0.6 is 0 Å². The molecule has 1 saturated carbocycles. The first kappa shape index (κ1) is 14.9. The molecule has 1 aliphatic heterocycles. The molecule has 7 nitrogen and oxygen atoms in total. The average molecular weight is 285 g/mol. The van der Waals surface area contributed by atoms with Crippen LogP contribution in [0.25, 0.3) is 0 Å². The highest BCUT2D eigenvalue weighted by atomic mass is 16.6. The molecule has 2 rings (SSSR count). The number of ether oxygens (including phenoxy) is 2. The van der Waals surface area contributed by atoms with E-state index in [0.29, 0.717) is 25.9 Å². The van der Waals surface area contributed by atoms with Gasteiger partial charge < -0.3 is 25.4 Å². The third-order valence-corrected chi connectivity index (χ3v) is 3.25. The number of amides is 2. The first-order valence-corrected chi connectivity index (χ1v) is 6.93. The molecule has 0 unspecified atom stereocenters. The predicted molar refractivity (Wildman–Crippen MR) is 72.2 cm³/mol. The normalized spacial score (nSPS) is 26.3. The Labute approximate surface area is 118 Å². The summed E-state index contributed by atoms with van der Waals surface area (Å²) in [4.78, 5) is 24.7. The second-order valence-corrected chi connectivity index (χ2v) is 6.49. The number of nitrogens with zero attached hydrogens (tertiary/aromatic N) is 1. The fourth-order valence-electron chi connectivity index (χ4n) is 2.13. The van der Waals surface area contributed by atoms with Crippen LogP contribution < -0.4 is 11.1 Å². The van der Waals surface area contributed by atoms with Crippen molar-refractivity contribution in [3.63, 3.8) is 0 Å². The maximum Gasteiger partial charge on any atom is 0.410 e. The molecule has 2 amide bonds. The fourth-order valence-corrected chi connectivity index (χ4v) is 2.13. The summed E-state index contributed by atoms with van der Waals surface area (Å²) in [5, 5.41) is 2.75. The van der Waals surface area contributed by atoms with E-state index >= 15 is 0 Å². The summed E-state index contributed by atoms with van der Waals surface area (Å²) in [6.45, 7) is 6.57.